The summed E-state index contributed by atoms with van der Waals surface area (Å²) in [5.41, 5.74) is 1.45. The topological polar surface area (TPSA) is 9.23 Å². The van der Waals surface area contributed by atoms with Crippen LogP contribution >= 0.6 is 0 Å². The summed E-state index contributed by atoms with van der Waals surface area (Å²) in [4.78, 5) is 0. The van der Waals surface area contributed by atoms with Crippen LogP contribution in [0.25, 0.3) is 10.8 Å². The Morgan fingerprint density at radius 2 is 1.87 bits per heavy atom. The third-order valence-electron chi connectivity index (χ3n) is 6.66. The van der Waals surface area contributed by atoms with Crippen LogP contribution in [0.1, 0.15) is 88.7 Å². The van der Waals surface area contributed by atoms with Crippen molar-refractivity contribution in [1.29, 1.82) is 0 Å². The third-order valence-corrected chi connectivity index (χ3v) is 6.66. The minimum absolute atomic E-state index is 0.0167. The van der Waals surface area contributed by atoms with Crippen molar-refractivity contribution in [1.82, 2.24) is 0 Å². The molecule has 0 aromatic heterocycles. The number of benzene rings is 2. The van der Waals surface area contributed by atoms with Crippen molar-refractivity contribution >= 4 is 10.8 Å². The molecule has 0 aliphatic heterocycles. The van der Waals surface area contributed by atoms with E-state index in [4.69, 9.17) is 4.74 Å². The predicted octanol–water partition coefficient (Wildman–Crippen LogP) is 8.94. The number of halogens is 3. The maximum atomic E-state index is 15.6. The van der Waals surface area contributed by atoms with Gasteiger partial charge in [-0.3, -0.25) is 0 Å². The molecule has 3 rings (SSSR count). The number of rotatable bonds is 10. The molecule has 0 unspecified atom stereocenters. The van der Waals surface area contributed by atoms with E-state index in [1.54, 1.807) is 6.07 Å². The van der Waals surface area contributed by atoms with Gasteiger partial charge in [0.25, 0.3) is 0 Å². The summed E-state index contributed by atoms with van der Waals surface area (Å²) >= 11 is 0. The van der Waals surface area contributed by atoms with Crippen LogP contribution in [0, 0.1) is 11.7 Å². The van der Waals surface area contributed by atoms with Gasteiger partial charge in [0.05, 0.1) is 0 Å². The van der Waals surface area contributed by atoms with Gasteiger partial charge >= 0.3 is 6.61 Å². The Morgan fingerprint density at radius 3 is 2.55 bits per heavy atom. The van der Waals surface area contributed by atoms with Gasteiger partial charge in [0.15, 0.2) is 0 Å². The van der Waals surface area contributed by atoms with Gasteiger partial charge in [-0.1, -0.05) is 50.1 Å². The normalized spacial score (nSPS) is 19.5. The van der Waals surface area contributed by atoms with Gasteiger partial charge in [-0.05, 0) is 87.1 Å². The van der Waals surface area contributed by atoms with Gasteiger partial charge in [-0.15, -0.1) is 0 Å². The number of hydrogen-bond donors (Lipinski definition) is 0. The molecule has 1 aliphatic rings. The van der Waals surface area contributed by atoms with Crippen molar-refractivity contribution in [2.75, 3.05) is 0 Å². The summed E-state index contributed by atoms with van der Waals surface area (Å²) in [5.74, 6) is 0.190. The molecule has 1 nitrogen and oxygen atoms in total. The Kier molecular flexibility index (Phi) is 8.86. The Morgan fingerprint density at radius 1 is 1.10 bits per heavy atom. The first-order valence-electron chi connectivity index (χ1n) is 11.8. The van der Waals surface area contributed by atoms with E-state index in [0.29, 0.717) is 22.3 Å². The highest BCUT2D eigenvalue weighted by Crippen LogP contribution is 2.44. The van der Waals surface area contributed by atoms with Crippen LogP contribution in [0.2, 0.25) is 0 Å². The van der Waals surface area contributed by atoms with Crippen molar-refractivity contribution in [3.63, 3.8) is 0 Å². The molecule has 31 heavy (non-hydrogen) atoms. The number of allylic oxidation sites excluding steroid dienone is 2. The van der Waals surface area contributed by atoms with E-state index in [9.17, 15) is 8.78 Å². The molecule has 0 radical (unpaired) electrons. The lowest BCUT2D eigenvalue weighted by Crippen LogP contribution is -2.16. The highest BCUT2D eigenvalue weighted by molar-refractivity contribution is 5.86. The van der Waals surface area contributed by atoms with E-state index < -0.39 is 6.61 Å². The standard InChI is InChI=1S/C27H35F3O/c1-3-5-7-9-19-11-14-21(15-12-19)25-24(31-27(29)30)18-22-17-20(10-8-6-4-2)13-16-23(22)26(25)28/h3,5,13,16-19,21,27H,4,6-12,14-15H2,1-2H3/b5-3+. The van der Waals surface area contributed by atoms with Gasteiger partial charge in [0.1, 0.15) is 11.6 Å². The largest absolute Gasteiger partial charge is 0.434 e. The molecule has 170 valence electrons. The average molecular weight is 433 g/mol. The quantitative estimate of drug-likeness (QED) is 0.269. The molecule has 1 aliphatic carbocycles. The molecule has 0 amide bonds. The van der Waals surface area contributed by atoms with Crippen LogP contribution in [0.4, 0.5) is 13.2 Å². The highest BCUT2D eigenvalue weighted by atomic mass is 19.3. The number of hydrogen-bond acceptors (Lipinski definition) is 1. The van der Waals surface area contributed by atoms with Gasteiger partial charge in [0.2, 0.25) is 0 Å². The fraction of sp³-hybridized carbons (Fsp3) is 0.556. The molecule has 1 saturated carbocycles. The number of alkyl halides is 2. The van der Waals surface area contributed by atoms with E-state index in [2.05, 4.69) is 19.1 Å². The molecule has 2 aromatic rings. The number of ether oxygens (including phenoxy) is 1. The fourth-order valence-corrected chi connectivity index (χ4v) is 4.95. The summed E-state index contributed by atoms with van der Waals surface area (Å²) in [5, 5.41) is 1.15. The van der Waals surface area contributed by atoms with E-state index in [1.807, 2.05) is 25.1 Å². The van der Waals surface area contributed by atoms with Gasteiger partial charge in [-0.2, -0.15) is 8.78 Å². The van der Waals surface area contributed by atoms with E-state index >= 15 is 4.39 Å². The Labute approximate surface area is 184 Å². The van der Waals surface area contributed by atoms with Crippen molar-refractivity contribution in [3.05, 3.63) is 53.4 Å². The minimum atomic E-state index is -2.96. The number of fused-ring (bicyclic) bond motifs is 1. The Balaban J connectivity index is 1.85. The monoisotopic (exact) mass is 432 g/mol. The van der Waals surface area contributed by atoms with Crippen molar-refractivity contribution in [2.24, 2.45) is 5.92 Å². The molecule has 0 atom stereocenters. The Hall–Kier alpha value is -1.97. The maximum absolute atomic E-state index is 15.6. The first-order valence-corrected chi connectivity index (χ1v) is 11.8. The van der Waals surface area contributed by atoms with E-state index in [0.717, 1.165) is 69.8 Å². The smallest absolute Gasteiger partial charge is 0.387 e. The first-order chi connectivity index (χ1) is 15.0. The van der Waals surface area contributed by atoms with E-state index in [-0.39, 0.29) is 17.5 Å². The zero-order chi connectivity index (χ0) is 22.2. The summed E-state index contributed by atoms with van der Waals surface area (Å²) in [6.07, 6.45) is 14.4. The molecule has 0 N–H and O–H groups in total. The fourth-order valence-electron chi connectivity index (χ4n) is 4.95. The molecule has 1 fully saturated rings. The zero-order valence-electron chi connectivity index (χ0n) is 18.8. The Bertz CT molecular complexity index is 866. The predicted molar refractivity (Wildman–Crippen MR) is 123 cm³/mol. The summed E-state index contributed by atoms with van der Waals surface area (Å²) in [6, 6.07) is 7.33. The maximum Gasteiger partial charge on any atom is 0.387 e. The van der Waals surface area contributed by atoms with Crippen LogP contribution < -0.4 is 4.74 Å². The number of aryl methyl sites for hydroxylation is 1. The molecule has 0 saturated heterocycles. The van der Waals surface area contributed by atoms with Crippen molar-refractivity contribution in [3.8, 4) is 5.75 Å². The molecule has 4 heteroatoms. The summed E-state index contributed by atoms with van der Waals surface area (Å²) < 4.78 is 46.8. The molecule has 2 aromatic carbocycles. The van der Waals surface area contributed by atoms with Gasteiger partial charge < -0.3 is 4.74 Å². The molecule has 0 heterocycles. The van der Waals surface area contributed by atoms with Gasteiger partial charge in [-0.25, -0.2) is 4.39 Å². The van der Waals surface area contributed by atoms with E-state index in [1.165, 1.54) is 0 Å². The van der Waals surface area contributed by atoms with Crippen LogP contribution in [0.15, 0.2) is 36.4 Å². The van der Waals surface area contributed by atoms with Gasteiger partial charge in [0, 0.05) is 10.9 Å². The highest BCUT2D eigenvalue weighted by Gasteiger charge is 2.29. The zero-order valence-corrected chi connectivity index (χ0v) is 18.8. The summed E-state index contributed by atoms with van der Waals surface area (Å²) in [7, 11) is 0. The SMILES string of the molecule is C/C=C/CCC1CCC(c2c(OC(F)F)cc3cc(CCCCC)ccc3c2F)CC1. The van der Waals surface area contributed by atoms with Crippen molar-refractivity contribution in [2.45, 2.75) is 90.6 Å². The lowest BCUT2D eigenvalue weighted by molar-refractivity contribution is -0.0508. The second kappa shape index (κ2) is 11.6. The first kappa shape index (κ1) is 23.7. The van der Waals surface area contributed by atoms with Crippen LogP contribution in [-0.2, 0) is 6.42 Å². The van der Waals surface area contributed by atoms with Crippen LogP contribution in [0.5, 0.6) is 5.75 Å². The molecular weight excluding hydrogens is 397 g/mol. The minimum Gasteiger partial charge on any atom is -0.434 e. The second-order valence-electron chi connectivity index (χ2n) is 8.86. The lowest BCUT2D eigenvalue weighted by atomic mass is 9.76. The summed E-state index contributed by atoms with van der Waals surface area (Å²) in [6.45, 7) is 1.22. The molecular formula is C27H35F3O. The average Bonchev–Trinajstić information content (AvgIpc) is 2.74. The number of unbranched alkanes of at least 4 members (excludes halogenated alkanes) is 2. The molecule has 0 bridgehead atoms. The van der Waals surface area contributed by atoms with Crippen LogP contribution in [0.3, 0.4) is 0 Å². The van der Waals surface area contributed by atoms with Crippen molar-refractivity contribution < 1.29 is 17.9 Å². The lowest BCUT2D eigenvalue weighted by Gasteiger charge is -2.30. The second-order valence-corrected chi connectivity index (χ2v) is 8.86. The molecule has 0 spiro atoms. The third kappa shape index (κ3) is 6.27. The van der Waals surface area contributed by atoms with Crippen LogP contribution in [-0.4, -0.2) is 6.61 Å².